The Bertz CT molecular complexity index is 2380. The second-order valence-corrected chi connectivity index (χ2v) is 12.6. The fourth-order valence-electron chi connectivity index (χ4n) is 7.29. The Kier molecular flexibility index (Phi) is 8.42. The summed E-state index contributed by atoms with van der Waals surface area (Å²) in [5.74, 6) is 0. The van der Waals surface area contributed by atoms with Gasteiger partial charge in [-0.05, 0) is 88.0 Å². The van der Waals surface area contributed by atoms with Crippen molar-refractivity contribution in [3.63, 3.8) is 0 Å². The average Bonchev–Trinajstić information content (AvgIpc) is 3.19. The quantitative estimate of drug-likeness (QED) is 0.155. The maximum atomic E-state index is 4.07. The van der Waals surface area contributed by atoms with Gasteiger partial charge in [0.2, 0.25) is 0 Å². The lowest BCUT2D eigenvalue weighted by Gasteiger charge is -2.34. The summed E-state index contributed by atoms with van der Waals surface area (Å²) in [5.41, 5.74) is 10.5. The van der Waals surface area contributed by atoms with Gasteiger partial charge < -0.3 is 9.80 Å². The number of rotatable bonds is 9. The smallest absolute Gasteiger partial charge is 0.0560 e. The van der Waals surface area contributed by atoms with Gasteiger partial charge in [0.15, 0.2) is 0 Å². The second-order valence-electron chi connectivity index (χ2n) is 12.6. The van der Waals surface area contributed by atoms with Gasteiger partial charge in [-0.15, -0.1) is 0 Å². The lowest BCUT2D eigenvalue weighted by molar-refractivity contribution is 0.789. The van der Waals surface area contributed by atoms with Crippen LogP contribution < -0.4 is 9.80 Å². The van der Waals surface area contributed by atoms with Gasteiger partial charge in [0, 0.05) is 33.5 Å². The molecule has 1 aliphatic carbocycles. The fraction of sp³-hybridized carbons (Fsp3) is 0.0417. The minimum atomic E-state index is 0.166. The zero-order valence-electron chi connectivity index (χ0n) is 28.0. The number of anilines is 5. The molecule has 1 unspecified atom stereocenters. The highest BCUT2D eigenvalue weighted by Crippen LogP contribution is 2.41. The van der Waals surface area contributed by atoms with Crippen LogP contribution in [0, 0.1) is 0 Å². The van der Waals surface area contributed by atoms with Crippen LogP contribution in [-0.4, -0.2) is 6.04 Å². The number of para-hydroxylation sites is 2. The van der Waals surface area contributed by atoms with E-state index in [1.165, 1.54) is 44.1 Å². The van der Waals surface area contributed by atoms with Crippen LogP contribution in [0.15, 0.2) is 189 Å². The lowest BCUT2D eigenvalue weighted by atomic mass is 9.94. The van der Waals surface area contributed by atoms with E-state index in [1.54, 1.807) is 0 Å². The normalized spacial score (nSPS) is 13.9. The molecule has 0 radical (unpaired) electrons. The van der Waals surface area contributed by atoms with Crippen LogP contribution in [-0.2, 0) is 0 Å². The molecule has 0 fully saturated rings. The molecule has 1 atom stereocenters. The Morgan fingerprint density at radius 3 is 1.54 bits per heavy atom. The monoisotopic (exact) mass is 642 g/mol. The summed E-state index contributed by atoms with van der Waals surface area (Å²) in [7, 11) is 0. The summed E-state index contributed by atoms with van der Waals surface area (Å²) in [6, 6.07) is 56.5. The minimum Gasteiger partial charge on any atom is -0.334 e. The molecule has 8 rings (SSSR count). The molecule has 1 aliphatic rings. The van der Waals surface area contributed by atoms with Gasteiger partial charge >= 0.3 is 0 Å². The van der Waals surface area contributed by atoms with Crippen molar-refractivity contribution in [2.24, 2.45) is 0 Å². The van der Waals surface area contributed by atoms with Crippen molar-refractivity contribution in [3.05, 3.63) is 206 Å². The molecule has 0 spiro atoms. The molecule has 0 bridgehead atoms. The first-order valence-corrected chi connectivity index (χ1v) is 17.2. The molecule has 0 saturated carbocycles. The zero-order valence-corrected chi connectivity index (χ0v) is 28.0. The van der Waals surface area contributed by atoms with Crippen LogP contribution in [0.25, 0.3) is 39.3 Å². The van der Waals surface area contributed by atoms with E-state index in [9.17, 15) is 0 Å². The van der Waals surface area contributed by atoms with Crippen molar-refractivity contribution in [2.45, 2.75) is 12.5 Å². The third-order valence-electron chi connectivity index (χ3n) is 9.73. The van der Waals surface area contributed by atoms with Crippen LogP contribution in [0.4, 0.5) is 28.4 Å². The van der Waals surface area contributed by atoms with E-state index >= 15 is 0 Å². The fourth-order valence-corrected chi connectivity index (χ4v) is 7.29. The maximum absolute atomic E-state index is 4.07. The van der Waals surface area contributed by atoms with Crippen molar-refractivity contribution in [3.8, 4) is 0 Å². The number of hydrogen-bond donors (Lipinski definition) is 0. The van der Waals surface area contributed by atoms with Crippen molar-refractivity contribution in [1.82, 2.24) is 0 Å². The van der Waals surface area contributed by atoms with Crippen molar-refractivity contribution in [1.29, 1.82) is 0 Å². The first-order valence-electron chi connectivity index (χ1n) is 17.2. The maximum Gasteiger partial charge on any atom is 0.0560 e. The van der Waals surface area contributed by atoms with E-state index in [2.05, 4.69) is 199 Å². The Balaban J connectivity index is 1.13. The molecule has 7 aromatic rings. The molecule has 0 amide bonds. The van der Waals surface area contributed by atoms with E-state index in [-0.39, 0.29) is 6.04 Å². The van der Waals surface area contributed by atoms with Gasteiger partial charge in [0.1, 0.15) is 0 Å². The summed E-state index contributed by atoms with van der Waals surface area (Å²) in [6.45, 7) is 8.13. The van der Waals surface area contributed by atoms with Crippen LogP contribution in [0.2, 0.25) is 0 Å². The number of nitrogens with zero attached hydrogens (tertiary/aromatic N) is 2. The van der Waals surface area contributed by atoms with Gasteiger partial charge in [-0.1, -0.05) is 153 Å². The topological polar surface area (TPSA) is 6.48 Å². The lowest BCUT2D eigenvalue weighted by Crippen LogP contribution is -2.30. The molecular weight excluding hydrogens is 605 g/mol. The molecule has 2 nitrogen and oxygen atoms in total. The van der Waals surface area contributed by atoms with E-state index in [1.807, 2.05) is 12.2 Å². The SMILES string of the molecule is C=Cc1ccc(N(c2ccccc2)c2ccc(C3=CCC(N(c4ccccc4)c4ccc(C=C)c5ccccc45)C=C3)cc2)c2ccccc12. The molecule has 0 saturated heterocycles. The molecule has 240 valence electrons. The Hall–Kier alpha value is -6.38. The predicted octanol–water partition coefficient (Wildman–Crippen LogP) is 13.3. The second kappa shape index (κ2) is 13.6. The Morgan fingerprint density at radius 2 is 0.980 bits per heavy atom. The summed E-state index contributed by atoms with van der Waals surface area (Å²) in [6.07, 6.45) is 11.8. The summed E-state index contributed by atoms with van der Waals surface area (Å²) < 4.78 is 0. The summed E-state index contributed by atoms with van der Waals surface area (Å²) in [4.78, 5) is 4.82. The number of fused-ring (bicyclic) bond motifs is 2. The summed E-state index contributed by atoms with van der Waals surface area (Å²) in [5, 5.41) is 4.82. The molecular formula is C48H38N2. The standard InChI is InChI=1S/C48H38N2/c1-3-35-27-33-47(45-21-13-11-19-43(35)45)49(39-15-7-5-8-16-39)41-29-23-37(24-30-41)38-25-31-42(32-26-38)50(40-17-9-6-10-18-40)48-34-28-36(4-2)44-20-12-14-22-46(44)48/h3-31,33-34,42H,1-2,32H2. The molecule has 0 aliphatic heterocycles. The summed E-state index contributed by atoms with van der Waals surface area (Å²) >= 11 is 0. The Morgan fingerprint density at radius 1 is 0.480 bits per heavy atom. The average molecular weight is 643 g/mol. The molecule has 2 heteroatoms. The van der Waals surface area contributed by atoms with E-state index in [0.29, 0.717) is 0 Å². The first-order chi connectivity index (χ1) is 24.7. The van der Waals surface area contributed by atoms with Crippen LogP contribution >= 0.6 is 0 Å². The molecule has 0 aromatic heterocycles. The highest BCUT2D eigenvalue weighted by molar-refractivity contribution is 6.03. The van der Waals surface area contributed by atoms with Crippen LogP contribution in [0.5, 0.6) is 0 Å². The van der Waals surface area contributed by atoms with E-state index in [0.717, 1.165) is 34.6 Å². The van der Waals surface area contributed by atoms with Gasteiger partial charge in [0.05, 0.1) is 11.7 Å². The number of allylic oxidation sites excluding steroid dienone is 2. The van der Waals surface area contributed by atoms with Gasteiger partial charge in [-0.2, -0.15) is 0 Å². The van der Waals surface area contributed by atoms with Gasteiger partial charge in [-0.3, -0.25) is 0 Å². The van der Waals surface area contributed by atoms with Crippen molar-refractivity contribution in [2.75, 3.05) is 9.80 Å². The molecule has 0 N–H and O–H groups in total. The van der Waals surface area contributed by atoms with Crippen molar-refractivity contribution < 1.29 is 0 Å². The highest BCUT2D eigenvalue weighted by Gasteiger charge is 2.23. The molecule has 0 heterocycles. The van der Waals surface area contributed by atoms with Crippen molar-refractivity contribution >= 4 is 67.7 Å². The Labute approximate surface area is 294 Å². The zero-order chi connectivity index (χ0) is 33.9. The van der Waals surface area contributed by atoms with E-state index < -0.39 is 0 Å². The highest BCUT2D eigenvalue weighted by atomic mass is 15.2. The van der Waals surface area contributed by atoms with Gasteiger partial charge in [-0.25, -0.2) is 0 Å². The third kappa shape index (κ3) is 5.71. The first kappa shape index (κ1) is 30.9. The van der Waals surface area contributed by atoms with Crippen LogP contribution in [0.3, 0.4) is 0 Å². The van der Waals surface area contributed by atoms with Gasteiger partial charge in [0.25, 0.3) is 0 Å². The molecule has 50 heavy (non-hydrogen) atoms. The number of benzene rings is 7. The molecule has 7 aromatic carbocycles. The minimum absolute atomic E-state index is 0.166. The van der Waals surface area contributed by atoms with Crippen LogP contribution in [0.1, 0.15) is 23.1 Å². The van der Waals surface area contributed by atoms with E-state index in [4.69, 9.17) is 0 Å². The number of hydrogen-bond acceptors (Lipinski definition) is 2. The largest absolute Gasteiger partial charge is 0.334 e. The third-order valence-corrected chi connectivity index (χ3v) is 9.73. The predicted molar refractivity (Wildman–Crippen MR) is 217 cm³/mol.